The lowest BCUT2D eigenvalue weighted by molar-refractivity contribution is 0.379. The fourth-order valence-corrected chi connectivity index (χ4v) is 4.26. The van der Waals surface area contributed by atoms with E-state index in [0.717, 1.165) is 5.56 Å². The Labute approximate surface area is 197 Å². The van der Waals surface area contributed by atoms with Gasteiger partial charge in [-0.25, -0.2) is 0 Å². The van der Waals surface area contributed by atoms with Crippen molar-refractivity contribution in [3.8, 4) is 29.1 Å². The van der Waals surface area contributed by atoms with Crippen molar-refractivity contribution in [3.63, 3.8) is 0 Å². The molecule has 0 aliphatic carbocycles. The number of para-hydroxylation sites is 1. The zero-order chi connectivity index (χ0) is 24.4. The molecule has 0 bridgehead atoms. The number of aromatic nitrogens is 1. The topological polar surface area (TPSA) is 109 Å². The second-order valence-electron chi connectivity index (χ2n) is 7.80. The molecule has 1 aliphatic heterocycles. The van der Waals surface area contributed by atoms with Crippen LogP contribution in [0.4, 0.5) is 0 Å². The molecule has 4 rings (SSSR count). The lowest BCUT2D eigenvalue weighted by atomic mass is 9.83. The number of benzene rings is 2. The number of aryl methyl sites for hydroxylation is 1. The van der Waals surface area contributed by atoms with E-state index in [1.165, 1.54) is 7.11 Å². The summed E-state index contributed by atoms with van der Waals surface area (Å²) in [6.45, 7) is 2.10. The van der Waals surface area contributed by atoms with Gasteiger partial charge in [-0.05, 0) is 31.2 Å². The molecule has 3 aromatic rings. The molecule has 0 unspecified atom stereocenters. The highest BCUT2D eigenvalue weighted by Crippen LogP contribution is 2.44. The predicted molar refractivity (Wildman–Crippen MR) is 126 cm³/mol. The Kier molecular flexibility index (Phi) is 6.19. The van der Waals surface area contributed by atoms with Crippen molar-refractivity contribution in [2.75, 3.05) is 21.3 Å². The molecule has 0 radical (unpaired) electrons. The number of hydrogen-bond donors (Lipinski definition) is 1. The Balaban J connectivity index is 1.97. The van der Waals surface area contributed by atoms with Gasteiger partial charge in [0.25, 0.3) is 5.56 Å². The second-order valence-corrected chi connectivity index (χ2v) is 7.80. The van der Waals surface area contributed by atoms with E-state index in [-0.39, 0.29) is 23.6 Å². The van der Waals surface area contributed by atoms with E-state index < -0.39 is 5.92 Å². The molecule has 0 saturated heterocycles. The number of rotatable bonds is 6. The van der Waals surface area contributed by atoms with Gasteiger partial charge in [-0.2, -0.15) is 5.26 Å². The monoisotopic (exact) mass is 459 g/mol. The first-order chi connectivity index (χ1) is 16.4. The number of fused-ring (bicyclic) bond motifs is 1. The molecule has 1 aliphatic rings. The standard InChI is InChI=1S/C26H25N3O5/c1-15-11-22-24(26(30)29(15)14-16-7-5-6-8-20(16)32-3)23(19(13-27)25(28)34-22)18-12-17(31-2)9-10-21(18)33-4/h5-12,23H,14,28H2,1-4H3/t23-/m1/s1. The molecule has 2 N–H and O–H groups in total. The van der Waals surface area contributed by atoms with E-state index in [9.17, 15) is 10.1 Å². The van der Waals surface area contributed by atoms with Crippen molar-refractivity contribution in [1.82, 2.24) is 4.57 Å². The van der Waals surface area contributed by atoms with Crippen molar-refractivity contribution in [2.45, 2.75) is 19.4 Å². The summed E-state index contributed by atoms with van der Waals surface area (Å²) in [6, 6.07) is 16.6. The van der Waals surface area contributed by atoms with Crippen molar-refractivity contribution >= 4 is 0 Å². The van der Waals surface area contributed by atoms with Gasteiger partial charge in [0.2, 0.25) is 5.88 Å². The molecule has 1 atom stereocenters. The average molecular weight is 460 g/mol. The second kappa shape index (κ2) is 9.24. The first kappa shape index (κ1) is 22.8. The van der Waals surface area contributed by atoms with Gasteiger partial charge in [0.1, 0.15) is 34.6 Å². The number of hydrogen-bond acceptors (Lipinski definition) is 7. The molecular formula is C26H25N3O5. The van der Waals surface area contributed by atoms with Crippen LogP contribution in [0.1, 0.15) is 28.3 Å². The molecule has 174 valence electrons. The molecule has 0 saturated carbocycles. The van der Waals surface area contributed by atoms with Gasteiger partial charge in [0.15, 0.2) is 0 Å². The van der Waals surface area contributed by atoms with E-state index in [4.69, 9.17) is 24.7 Å². The summed E-state index contributed by atoms with van der Waals surface area (Å²) in [5.74, 6) is 1.19. The van der Waals surface area contributed by atoms with Crippen LogP contribution in [-0.4, -0.2) is 25.9 Å². The highest BCUT2D eigenvalue weighted by molar-refractivity contribution is 5.59. The van der Waals surface area contributed by atoms with Crippen molar-refractivity contribution in [2.24, 2.45) is 5.73 Å². The van der Waals surface area contributed by atoms with Crippen molar-refractivity contribution in [1.29, 1.82) is 5.26 Å². The van der Waals surface area contributed by atoms with Gasteiger partial charge in [-0.3, -0.25) is 4.79 Å². The van der Waals surface area contributed by atoms with Crippen LogP contribution in [0.25, 0.3) is 0 Å². The van der Waals surface area contributed by atoms with Gasteiger partial charge < -0.3 is 29.2 Å². The van der Waals surface area contributed by atoms with Crippen LogP contribution in [0.15, 0.2) is 64.8 Å². The van der Waals surface area contributed by atoms with Gasteiger partial charge in [0.05, 0.1) is 39.4 Å². The van der Waals surface area contributed by atoms with Gasteiger partial charge >= 0.3 is 0 Å². The van der Waals surface area contributed by atoms with E-state index in [0.29, 0.717) is 39.8 Å². The number of allylic oxidation sites excluding steroid dienone is 1. The largest absolute Gasteiger partial charge is 0.497 e. The van der Waals surface area contributed by atoms with Gasteiger partial charge in [-0.1, -0.05) is 18.2 Å². The summed E-state index contributed by atoms with van der Waals surface area (Å²) in [4.78, 5) is 13.9. The highest BCUT2D eigenvalue weighted by atomic mass is 16.5. The fourth-order valence-electron chi connectivity index (χ4n) is 4.26. The highest BCUT2D eigenvalue weighted by Gasteiger charge is 2.36. The molecule has 0 amide bonds. The van der Waals surface area contributed by atoms with Crippen LogP contribution in [0.5, 0.6) is 23.0 Å². The molecule has 0 fully saturated rings. The number of ether oxygens (including phenoxy) is 4. The number of nitriles is 1. The van der Waals surface area contributed by atoms with E-state index >= 15 is 0 Å². The molecule has 34 heavy (non-hydrogen) atoms. The quantitative estimate of drug-likeness (QED) is 0.601. The fraction of sp³-hybridized carbons (Fsp3) is 0.231. The maximum atomic E-state index is 13.9. The Morgan fingerprint density at radius 3 is 2.47 bits per heavy atom. The summed E-state index contributed by atoms with van der Waals surface area (Å²) in [5.41, 5.74) is 8.37. The van der Waals surface area contributed by atoms with Crippen LogP contribution in [-0.2, 0) is 6.54 Å². The third-order valence-electron chi connectivity index (χ3n) is 5.96. The van der Waals surface area contributed by atoms with Crippen LogP contribution in [0, 0.1) is 18.3 Å². The number of nitrogens with two attached hydrogens (primary N) is 1. The first-order valence-corrected chi connectivity index (χ1v) is 10.6. The Morgan fingerprint density at radius 1 is 1.06 bits per heavy atom. The Morgan fingerprint density at radius 2 is 1.79 bits per heavy atom. The Hall–Kier alpha value is -4.38. The summed E-state index contributed by atoms with van der Waals surface area (Å²) in [6.07, 6.45) is 0. The van der Waals surface area contributed by atoms with Crippen LogP contribution in [0.3, 0.4) is 0 Å². The number of pyridine rings is 1. The lowest BCUT2D eigenvalue weighted by Gasteiger charge is -2.28. The minimum atomic E-state index is -0.796. The molecule has 2 aromatic carbocycles. The maximum Gasteiger partial charge on any atom is 0.259 e. The molecule has 0 spiro atoms. The first-order valence-electron chi connectivity index (χ1n) is 10.6. The van der Waals surface area contributed by atoms with E-state index in [2.05, 4.69) is 6.07 Å². The lowest BCUT2D eigenvalue weighted by Crippen LogP contribution is -2.33. The summed E-state index contributed by atoms with van der Waals surface area (Å²) in [7, 11) is 4.66. The molecule has 2 heterocycles. The smallest absolute Gasteiger partial charge is 0.259 e. The van der Waals surface area contributed by atoms with Crippen LogP contribution >= 0.6 is 0 Å². The van der Waals surface area contributed by atoms with E-state index in [1.54, 1.807) is 43.1 Å². The SMILES string of the molecule is COc1ccc(OC)c([C@@H]2C(C#N)=C(N)Oc3cc(C)n(Cc4ccccc4OC)c(=O)c32)c1. The van der Waals surface area contributed by atoms with Crippen LogP contribution in [0.2, 0.25) is 0 Å². The third kappa shape index (κ3) is 3.82. The number of nitrogens with zero attached hydrogens (tertiary/aromatic N) is 2. The molecule has 8 nitrogen and oxygen atoms in total. The third-order valence-corrected chi connectivity index (χ3v) is 5.96. The Bertz CT molecular complexity index is 1380. The zero-order valence-electron chi connectivity index (χ0n) is 19.4. The molecule has 8 heteroatoms. The van der Waals surface area contributed by atoms with Crippen molar-refractivity contribution in [3.05, 3.63) is 92.7 Å². The predicted octanol–water partition coefficient (Wildman–Crippen LogP) is 3.45. The zero-order valence-corrected chi connectivity index (χ0v) is 19.4. The summed E-state index contributed by atoms with van der Waals surface area (Å²) < 4.78 is 23.8. The average Bonchev–Trinajstić information content (AvgIpc) is 2.85. The normalized spacial score (nSPS) is 14.6. The summed E-state index contributed by atoms with van der Waals surface area (Å²) in [5, 5.41) is 9.96. The maximum absolute atomic E-state index is 13.9. The van der Waals surface area contributed by atoms with Crippen LogP contribution < -0.4 is 30.2 Å². The number of methoxy groups -OCH3 is 3. The minimum Gasteiger partial charge on any atom is -0.497 e. The van der Waals surface area contributed by atoms with Gasteiger partial charge in [0, 0.05) is 22.9 Å². The molecule has 1 aromatic heterocycles. The van der Waals surface area contributed by atoms with Crippen molar-refractivity contribution < 1.29 is 18.9 Å². The molecular weight excluding hydrogens is 434 g/mol. The minimum absolute atomic E-state index is 0.0499. The van der Waals surface area contributed by atoms with E-state index in [1.807, 2.05) is 31.2 Å². The van der Waals surface area contributed by atoms with Gasteiger partial charge in [-0.15, -0.1) is 0 Å². The summed E-state index contributed by atoms with van der Waals surface area (Å²) >= 11 is 0.